The van der Waals surface area contributed by atoms with Gasteiger partial charge in [0.25, 0.3) is 0 Å². The number of nitrogens with two attached hydrogens (primary N) is 1. The molecule has 2 rings (SSSR count). The molecule has 0 heterocycles. The summed E-state index contributed by atoms with van der Waals surface area (Å²) >= 11 is 0. The van der Waals surface area contributed by atoms with Gasteiger partial charge in [0.05, 0.1) is 28.4 Å². The van der Waals surface area contributed by atoms with Crippen LogP contribution in [-0.2, 0) is 6.42 Å². The van der Waals surface area contributed by atoms with E-state index in [-0.39, 0.29) is 18.4 Å². The third kappa shape index (κ3) is 3.79. The molecule has 0 fully saturated rings. The molecule has 6 heteroatoms. The fourth-order valence-corrected chi connectivity index (χ4v) is 2.74. The van der Waals surface area contributed by atoms with Gasteiger partial charge in [-0.2, -0.15) is 0 Å². The van der Waals surface area contributed by atoms with E-state index in [4.69, 9.17) is 24.7 Å². The largest absolute Gasteiger partial charge is 0.493 e. The fraction of sp³-hybridized carbons (Fsp3) is 0.444. The quantitative estimate of drug-likeness (QED) is 0.822. The van der Waals surface area contributed by atoms with Crippen molar-refractivity contribution < 1.29 is 18.9 Å². The Morgan fingerprint density at radius 2 is 1.42 bits per heavy atom. The maximum atomic E-state index is 6.19. The average Bonchev–Trinajstić information content (AvgIpc) is 2.59. The van der Waals surface area contributed by atoms with E-state index in [1.165, 1.54) is 0 Å². The van der Waals surface area contributed by atoms with Crippen LogP contribution in [0.2, 0.25) is 0 Å². The van der Waals surface area contributed by atoms with Crippen molar-refractivity contribution in [3.8, 4) is 23.0 Å². The third-order valence-electron chi connectivity index (χ3n) is 4.08. The molecule has 0 bridgehead atoms. The second kappa shape index (κ2) is 8.85. The van der Waals surface area contributed by atoms with Crippen molar-refractivity contribution in [2.45, 2.75) is 25.8 Å². The highest BCUT2D eigenvalue weighted by Crippen LogP contribution is 2.42. The molecule has 2 aromatic rings. The van der Waals surface area contributed by atoms with Crippen LogP contribution in [0.5, 0.6) is 23.0 Å². The topological polar surface area (TPSA) is 62.9 Å². The van der Waals surface area contributed by atoms with E-state index < -0.39 is 0 Å². The standard InChI is InChI=1S/C18H25NO4.ClH/c1-6-12(19)9-14-13-10-16(21-3)15(20-2)7-11(13)8-17(22-4)18(14)23-5;/h7-8,10,12H,6,9,19H2,1-5H3;1H. The highest BCUT2D eigenvalue weighted by atomic mass is 35.5. The number of benzene rings is 2. The average molecular weight is 356 g/mol. The normalized spacial score (nSPS) is 11.6. The minimum atomic E-state index is 0. The molecule has 0 aliphatic heterocycles. The van der Waals surface area contributed by atoms with Crippen molar-refractivity contribution in [1.29, 1.82) is 0 Å². The van der Waals surface area contributed by atoms with E-state index >= 15 is 0 Å². The van der Waals surface area contributed by atoms with E-state index in [0.717, 1.165) is 28.5 Å². The summed E-state index contributed by atoms with van der Waals surface area (Å²) in [6.45, 7) is 2.07. The van der Waals surface area contributed by atoms with Crippen molar-refractivity contribution in [2.75, 3.05) is 28.4 Å². The van der Waals surface area contributed by atoms with E-state index in [1.54, 1.807) is 28.4 Å². The van der Waals surface area contributed by atoms with Gasteiger partial charge in [-0.25, -0.2) is 0 Å². The summed E-state index contributed by atoms with van der Waals surface area (Å²) in [7, 11) is 6.53. The molecule has 0 aromatic heterocycles. The molecular formula is C18H26ClNO4. The molecule has 2 aromatic carbocycles. The molecule has 5 nitrogen and oxygen atoms in total. The van der Waals surface area contributed by atoms with Crippen LogP contribution < -0.4 is 24.7 Å². The molecule has 0 saturated heterocycles. The van der Waals surface area contributed by atoms with E-state index in [1.807, 2.05) is 18.2 Å². The van der Waals surface area contributed by atoms with Crippen LogP contribution in [0, 0.1) is 0 Å². The van der Waals surface area contributed by atoms with Crippen molar-refractivity contribution in [3.05, 3.63) is 23.8 Å². The van der Waals surface area contributed by atoms with Crippen LogP contribution in [0.1, 0.15) is 18.9 Å². The first-order valence-corrected chi connectivity index (χ1v) is 7.64. The summed E-state index contributed by atoms with van der Waals surface area (Å²) < 4.78 is 21.9. The van der Waals surface area contributed by atoms with Gasteiger partial charge in [0, 0.05) is 11.6 Å². The van der Waals surface area contributed by atoms with Crippen LogP contribution in [-0.4, -0.2) is 34.5 Å². The highest BCUT2D eigenvalue weighted by molar-refractivity contribution is 5.93. The van der Waals surface area contributed by atoms with Gasteiger partial charge in [0.15, 0.2) is 23.0 Å². The van der Waals surface area contributed by atoms with Gasteiger partial charge in [-0.1, -0.05) is 6.92 Å². The third-order valence-corrected chi connectivity index (χ3v) is 4.08. The Bertz CT molecular complexity index is 685. The van der Waals surface area contributed by atoms with Gasteiger partial charge in [0.1, 0.15) is 0 Å². The summed E-state index contributed by atoms with van der Waals surface area (Å²) in [4.78, 5) is 0. The van der Waals surface area contributed by atoms with Gasteiger partial charge < -0.3 is 24.7 Å². The van der Waals surface area contributed by atoms with E-state index in [2.05, 4.69) is 6.92 Å². The lowest BCUT2D eigenvalue weighted by Crippen LogP contribution is -2.22. The molecule has 0 radical (unpaired) electrons. The van der Waals surface area contributed by atoms with Gasteiger partial charge in [-0.15, -0.1) is 12.4 Å². The van der Waals surface area contributed by atoms with Crippen molar-refractivity contribution in [3.63, 3.8) is 0 Å². The number of fused-ring (bicyclic) bond motifs is 1. The number of halogens is 1. The molecule has 0 amide bonds. The van der Waals surface area contributed by atoms with Crippen molar-refractivity contribution in [1.82, 2.24) is 0 Å². The van der Waals surface area contributed by atoms with Crippen LogP contribution in [0.3, 0.4) is 0 Å². The van der Waals surface area contributed by atoms with Crippen molar-refractivity contribution >= 4 is 23.2 Å². The minimum Gasteiger partial charge on any atom is -0.493 e. The summed E-state index contributed by atoms with van der Waals surface area (Å²) in [5, 5.41) is 2.03. The first kappa shape index (κ1) is 20.2. The lowest BCUT2D eigenvalue weighted by atomic mass is 9.96. The van der Waals surface area contributed by atoms with E-state index in [0.29, 0.717) is 23.7 Å². The molecule has 1 unspecified atom stereocenters. The molecule has 2 N–H and O–H groups in total. The predicted molar refractivity (Wildman–Crippen MR) is 99.4 cm³/mol. The van der Waals surface area contributed by atoms with Crippen LogP contribution >= 0.6 is 12.4 Å². The highest BCUT2D eigenvalue weighted by Gasteiger charge is 2.19. The molecule has 0 saturated carbocycles. The van der Waals surface area contributed by atoms with Gasteiger partial charge >= 0.3 is 0 Å². The summed E-state index contributed by atoms with van der Waals surface area (Å²) in [5.74, 6) is 2.76. The molecule has 0 aliphatic carbocycles. The lowest BCUT2D eigenvalue weighted by Gasteiger charge is -2.19. The lowest BCUT2D eigenvalue weighted by molar-refractivity contribution is 0.350. The SMILES string of the molecule is CCC(N)Cc1c(OC)c(OC)cc2cc(OC)c(OC)cc12.Cl. The Kier molecular flexibility index (Phi) is 7.45. The molecule has 134 valence electrons. The number of methoxy groups -OCH3 is 4. The maximum absolute atomic E-state index is 6.19. The molecule has 0 spiro atoms. The minimum absolute atomic E-state index is 0. The van der Waals surface area contributed by atoms with E-state index in [9.17, 15) is 0 Å². The van der Waals surface area contributed by atoms with Gasteiger partial charge in [-0.05, 0) is 41.8 Å². The number of rotatable bonds is 7. The predicted octanol–water partition coefficient (Wildman–Crippen LogP) is 3.58. The first-order chi connectivity index (χ1) is 11.1. The zero-order valence-corrected chi connectivity index (χ0v) is 15.7. The van der Waals surface area contributed by atoms with Crippen LogP contribution in [0.25, 0.3) is 10.8 Å². The van der Waals surface area contributed by atoms with Crippen molar-refractivity contribution in [2.24, 2.45) is 5.73 Å². The number of hydrogen-bond acceptors (Lipinski definition) is 5. The molecule has 0 aliphatic rings. The molecular weight excluding hydrogens is 330 g/mol. The second-order valence-corrected chi connectivity index (χ2v) is 5.39. The fourth-order valence-electron chi connectivity index (χ4n) is 2.74. The monoisotopic (exact) mass is 355 g/mol. The zero-order valence-electron chi connectivity index (χ0n) is 14.8. The van der Waals surface area contributed by atoms with Gasteiger partial charge in [0.2, 0.25) is 0 Å². The Morgan fingerprint density at radius 1 is 0.875 bits per heavy atom. The first-order valence-electron chi connectivity index (χ1n) is 7.64. The summed E-state index contributed by atoms with van der Waals surface area (Å²) in [5.41, 5.74) is 7.21. The Balaban J connectivity index is 0.00000288. The molecule has 1 atom stereocenters. The van der Waals surface area contributed by atoms with Crippen LogP contribution in [0.4, 0.5) is 0 Å². The Labute approximate surface area is 149 Å². The Morgan fingerprint density at radius 3 is 1.92 bits per heavy atom. The molecule has 24 heavy (non-hydrogen) atoms. The maximum Gasteiger partial charge on any atom is 0.164 e. The number of hydrogen-bond donors (Lipinski definition) is 1. The second-order valence-electron chi connectivity index (χ2n) is 5.39. The van der Waals surface area contributed by atoms with Crippen LogP contribution in [0.15, 0.2) is 18.2 Å². The zero-order chi connectivity index (χ0) is 17.0. The summed E-state index contributed by atoms with van der Waals surface area (Å²) in [6, 6.07) is 5.90. The Hall–Kier alpha value is -1.85. The van der Waals surface area contributed by atoms with Gasteiger partial charge in [-0.3, -0.25) is 0 Å². The summed E-state index contributed by atoms with van der Waals surface area (Å²) in [6.07, 6.45) is 1.58. The smallest absolute Gasteiger partial charge is 0.164 e. The number of ether oxygens (including phenoxy) is 4.